The van der Waals surface area contributed by atoms with E-state index in [4.69, 9.17) is 48.8 Å². The van der Waals surface area contributed by atoms with E-state index in [2.05, 4.69) is 29.5 Å². The number of para-hydroxylation sites is 1. The molecule has 28 nitrogen and oxygen atoms in total. The Morgan fingerprint density at radius 1 is 0.883 bits per heavy atom. The summed E-state index contributed by atoms with van der Waals surface area (Å²) in [5.41, 5.74) is 9.84. The summed E-state index contributed by atoms with van der Waals surface area (Å²) in [7, 11) is -2.90. The number of ether oxygens (including phenoxy) is 6. The molecule has 8 atom stereocenters. The lowest BCUT2D eigenvalue weighted by molar-refractivity contribution is -0.271. The van der Waals surface area contributed by atoms with E-state index in [0.717, 1.165) is 65.6 Å². The van der Waals surface area contributed by atoms with Crippen LogP contribution in [0.3, 0.4) is 0 Å². The number of nitrogens with two attached hydrogens (primary N) is 1. The Labute approximate surface area is 545 Å². The smallest absolute Gasteiger partial charge is 0.409 e. The van der Waals surface area contributed by atoms with Gasteiger partial charge in [0.25, 0.3) is 16.0 Å². The van der Waals surface area contributed by atoms with Crippen LogP contribution in [-0.2, 0) is 64.8 Å². The van der Waals surface area contributed by atoms with E-state index in [1.807, 2.05) is 59.0 Å². The van der Waals surface area contributed by atoms with Gasteiger partial charge in [0.2, 0.25) is 12.2 Å². The number of carbonyl (C=O) groups is 5. The number of hydrogen-bond donors (Lipinski definition) is 9. The number of rotatable bonds is 26. The van der Waals surface area contributed by atoms with Gasteiger partial charge in [0.05, 0.1) is 47.6 Å². The molecule has 6 aliphatic rings. The van der Waals surface area contributed by atoms with Crippen molar-refractivity contribution in [2.45, 2.75) is 128 Å². The van der Waals surface area contributed by atoms with Gasteiger partial charge in [-0.25, -0.2) is 24.4 Å². The number of likely N-dealkylation sites (N-methyl/N-ethyl adjacent to an activating group) is 1. The predicted octanol–water partition coefficient (Wildman–Crippen LogP) is 4.78. The first-order valence-corrected chi connectivity index (χ1v) is 33.3. The number of aromatic carboxylic acids is 1. The van der Waals surface area contributed by atoms with Gasteiger partial charge in [0, 0.05) is 73.8 Å². The van der Waals surface area contributed by atoms with Crippen molar-refractivity contribution in [3.63, 3.8) is 0 Å². The van der Waals surface area contributed by atoms with Gasteiger partial charge in [-0.15, -0.1) is 0 Å². The minimum atomic E-state index is -4.47. The van der Waals surface area contributed by atoms with E-state index < -0.39 is 88.8 Å². The van der Waals surface area contributed by atoms with E-state index in [9.17, 15) is 57.9 Å². The molecule has 504 valence electrons. The van der Waals surface area contributed by atoms with E-state index in [-0.39, 0.29) is 84.4 Å². The van der Waals surface area contributed by atoms with Crippen LogP contribution in [0.2, 0.25) is 0 Å². The van der Waals surface area contributed by atoms with Crippen molar-refractivity contribution >= 4 is 72.5 Å². The minimum absolute atomic E-state index is 0.00777. The number of aliphatic carboxylic acids is 1. The number of benzene rings is 3. The number of nitrogens with one attached hydrogen (secondary N) is 2. The molecule has 4 bridgehead atoms. The largest absolute Gasteiger partial charge is 0.491 e. The average Bonchev–Trinajstić information content (AvgIpc) is 0.723. The molecule has 3 aromatic carbocycles. The fourth-order valence-corrected chi connectivity index (χ4v) is 16.8. The number of anilines is 2. The molecular formula is C64H77N9O19S2. The lowest BCUT2D eigenvalue weighted by Gasteiger charge is -2.69. The first-order valence-electron chi connectivity index (χ1n) is 30.8. The molecule has 94 heavy (non-hydrogen) atoms. The third-order valence-electron chi connectivity index (χ3n) is 18.3. The van der Waals surface area contributed by atoms with Gasteiger partial charge in [-0.2, -0.15) is 13.5 Å². The van der Waals surface area contributed by atoms with Gasteiger partial charge in [-0.05, 0) is 122 Å². The van der Waals surface area contributed by atoms with E-state index in [1.54, 1.807) is 25.4 Å². The van der Waals surface area contributed by atoms with Crippen LogP contribution >= 0.6 is 11.3 Å². The molecule has 6 aromatic rings. The van der Waals surface area contributed by atoms with Gasteiger partial charge < -0.3 is 74.8 Å². The number of amides is 3. The second kappa shape index (κ2) is 27.1. The summed E-state index contributed by atoms with van der Waals surface area (Å²) >= 11 is 1.40. The quantitative estimate of drug-likeness (QED) is 0.0261. The van der Waals surface area contributed by atoms with Crippen LogP contribution in [0.4, 0.5) is 15.7 Å². The average molecular weight is 1340 g/mol. The lowest BCUT2D eigenvalue weighted by Crippen LogP contribution is -2.64. The Hall–Kier alpha value is -7.91. The van der Waals surface area contributed by atoms with Crippen LogP contribution in [-0.4, -0.2) is 194 Å². The zero-order valence-electron chi connectivity index (χ0n) is 52.3. The molecule has 5 fully saturated rings. The molecule has 2 unspecified atom stereocenters. The van der Waals surface area contributed by atoms with E-state index in [1.165, 1.54) is 34.4 Å². The number of pyridine rings is 1. The van der Waals surface area contributed by atoms with Crippen LogP contribution in [0.5, 0.6) is 11.5 Å². The van der Waals surface area contributed by atoms with Crippen molar-refractivity contribution in [1.82, 2.24) is 30.0 Å². The van der Waals surface area contributed by atoms with E-state index >= 15 is 0 Å². The molecule has 3 amide bonds. The van der Waals surface area contributed by atoms with Crippen molar-refractivity contribution in [2.24, 2.45) is 22.0 Å². The molecule has 30 heteroatoms. The number of aliphatic hydroxyl groups is 3. The van der Waals surface area contributed by atoms with Crippen molar-refractivity contribution < 1.29 is 90.9 Å². The summed E-state index contributed by atoms with van der Waals surface area (Å²) < 4.78 is 69.3. The number of thiazole rings is 1. The Balaban J connectivity index is 0.715. The molecule has 3 aromatic heterocycles. The highest BCUT2D eigenvalue weighted by atomic mass is 32.2. The summed E-state index contributed by atoms with van der Waals surface area (Å²) in [6, 6.07) is 19.9. The maximum atomic E-state index is 13.8. The molecule has 4 aliphatic carbocycles. The zero-order chi connectivity index (χ0) is 67.1. The molecule has 4 saturated carbocycles. The van der Waals surface area contributed by atoms with Crippen LogP contribution in [0.25, 0.3) is 21.3 Å². The SMILES string of the molecule is Cc1c(-c2ccc(N3CCc4cccc(C(=O)Nc5nc6ccccc6s5)c4C3)nc2C(=O)O)cnn1CC12CC3(C)CC(C)(C1)CC(OCCN(C)C(=O)OCc1ccc(OCCOCCNC(=O)[C@@H](N)CS(=O)(=O)O)cc1O[C@@H]1O[C@H](C(=O)O)[C@@H](O)[C@H](O)[C@H]1O)(C3)C2. The highest BCUT2D eigenvalue weighted by Gasteiger charge is 2.66. The maximum Gasteiger partial charge on any atom is 0.409 e. The first kappa shape index (κ1) is 67.5. The van der Waals surface area contributed by atoms with Crippen molar-refractivity contribution in [3.05, 3.63) is 113 Å². The summed E-state index contributed by atoms with van der Waals surface area (Å²) in [6.45, 7) is 7.90. The number of carboxylic acids is 2. The second-order valence-corrected chi connectivity index (χ2v) is 28.7. The summed E-state index contributed by atoms with van der Waals surface area (Å²) in [5, 5.41) is 62.8. The van der Waals surface area contributed by atoms with Crippen LogP contribution < -0.4 is 30.7 Å². The number of carboxylic acid groups (broad SMARTS) is 2. The van der Waals surface area contributed by atoms with Crippen molar-refractivity contribution in [1.29, 1.82) is 0 Å². The molecule has 10 N–H and O–H groups in total. The monoisotopic (exact) mass is 1340 g/mol. The van der Waals surface area contributed by atoms with Gasteiger partial charge in [0.15, 0.2) is 16.9 Å². The molecule has 12 rings (SSSR count). The summed E-state index contributed by atoms with van der Waals surface area (Å²) in [4.78, 5) is 77.3. The standard InChI is InChI=1S/C64H77N9O19S2/c1-36-42(40-14-15-48(69-49(40)56(79)80)72-18-16-37-8-7-9-41(43(37)26-72)54(77)70-59-68-45-10-5-6-11-47(45)93-59)25-67-73(36)35-63-30-61(2)29-62(3,31-63)33-64(32-61,34-63)90-21-19-71(4)60(83)89-27-38-12-13-39(88-23-22-87-20-17-66-55(78)44(65)28-94(84,85)86)24-46(38)91-58-52(76)50(74)51(75)53(92-58)57(81)82/h5-15,24-25,44,50-53,58,74-76H,16-23,26-35,65H2,1-4H3,(H,66,78)(H,79,80)(H,81,82)(H,68,70,77)(H,84,85,86)/t44-,50-,51-,52+,53-,58+,61?,62?,63?,64?/m0/s1. The second-order valence-electron chi connectivity index (χ2n) is 26.1. The Morgan fingerprint density at radius 3 is 2.38 bits per heavy atom. The zero-order valence-corrected chi connectivity index (χ0v) is 53.9. The first-order chi connectivity index (χ1) is 44.6. The van der Waals surface area contributed by atoms with Crippen LogP contribution in [0, 0.1) is 23.2 Å². The van der Waals surface area contributed by atoms with Gasteiger partial charge in [-0.1, -0.05) is 49.4 Å². The van der Waals surface area contributed by atoms with Crippen LogP contribution in [0.15, 0.2) is 79.0 Å². The fourth-order valence-electron chi connectivity index (χ4n) is 15.3. The van der Waals surface area contributed by atoms with Gasteiger partial charge in [-0.3, -0.25) is 24.1 Å². The third kappa shape index (κ3) is 14.9. The highest BCUT2D eigenvalue weighted by molar-refractivity contribution is 7.85. The molecule has 2 aliphatic heterocycles. The molecular weight excluding hydrogens is 1260 g/mol. The highest BCUT2D eigenvalue weighted by Crippen LogP contribution is 2.72. The molecule has 1 saturated heterocycles. The minimum Gasteiger partial charge on any atom is -0.491 e. The van der Waals surface area contributed by atoms with E-state index in [0.29, 0.717) is 53.7 Å². The topological polar surface area (TPSA) is 396 Å². The number of aliphatic hydroxyl groups excluding tert-OH is 3. The number of nitrogens with zero attached hydrogens (tertiary/aromatic N) is 6. The molecule has 0 radical (unpaired) electrons. The number of hydrogen-bond acceptors (Lipinski definition) is 22. The molecule has 0 spiro atoms. The summed E-state index contributed by atoms with van der Waals surface area (Å²) in [5.74, 6) is -4.31. The van der Waals surface area contributed by atoms with Gasteiger partial charge in [0.1, 0.15) is 54.9 Å². The molecule has 5 heterocycles. The maximum absolute atomic E-state index is 13.8. The lowest BCUT2D eigenvalue weighted by atomic mass is 9.39. The van der Waals surface area contributed by atoms with Crippen molar-refractivity contribution in [3.8, 4) is 22.6 Å². The number of fused-ring (bicyclic) bond motifs is 2. The van der Waals surface area contributed by atoms with Gasteiger partial charge >= 0.3 is 18.0 Å². The third-order valence-corrected chi connectivity index (χ3v) is 20.1. The Bertz CT molecular complexity index is 3930. The number of carbonyl (C=O) groups excluding carboxylic acids is 3. The van der Waals surface area contributed by atoms with Crippen molar-refractivity contribution in [2.75, 3.05) is 69.1 Å². The normalized spacial score (nSPS) is 25.7. The Kier molecular flexibility index (Phi) is 19.4. The van der Waals surface area contributed by atoms with Crippen LogP contribution in [0.1, 0.15) is 95.6 Å². The number of aromatic nitrogens is 4. The fraction of sp³-hybridized carbons (Fsp3) is 0.500. The summed E-state index contributed by atoms with van der Waals surface area (Å²) in [6.07, 6.45) is -2.76. The Morgan fingerprint density at radius 2 is 1.65 bits per heavy atom. The predicted molar refractivity (Wildman–Crippen MR) is 339 cm³/mol.